The molecule has 1 heteroatoms. The standard InChI is InChI=1S/C12H15N/c1-10-5-4-6-11(9-10)12-7-2-3-8-13-12/h2-3,6-8,10H,4-5,9H2,1H3. The molecule has 2 rings (SSSR count). The second-order valence-electron chi connectivity index (χ2n) is 3.83. The minimum absolute atomic E-state index is 0.821. The number of rotatable bonds is 1. The van der Waals surface area contributed by atoms with Crippen LogP contribution in [0.25, 0.3) is 5.57 Å². The highest BCUT2D eigenvalue weighted by Gasteiger charge is 2.12. The maximum atomic E-state index is 4.37. The first-order valence-corrected chi connectivity index (χ1v) is 4.96. The molecule has 1 aliphatic carbocycles. The smallest absolute Gasteiger partial charge is 0.0658 e. The van der Waals surface area contributed by atoms with Gasteiger partial charge in [0.15, 0.2) is 0 Å². The zero-order chi connectivity index (χ0) is 9.10. The van der Waals surface area contributed by atoms with Crippen molar-refractivity contribution >= 4 is 5.57 Å². The monoisotopic (exact) mass is 173 g/mol. The van der Waals surface area contributed by atoms with E-state index in [0.29, 0.717) is 0 Å². The molecule has 1 aliphatic rings. The molecule has 1 unspecified atom stereocenters. The molecule has 0 amide bonds. The molecule has 1 aromatic heterocycles. The summed E-state index contributed by atoms with van der Waals surface area (Å²) in [4.78, 5) is 4.37. The van der Waals surface area contributed by atoms with Gasteiger partial charge in [-0.1, -0.05) is 19.1 Å². The Bertz CT molecular complexity index is 300. The fourth-order valence-corrected chi connectivity index (χ4v) is 1.86. The number of hydrogen-bond donors (Lipinski definition) is 0. The van der Waals surface area contributed by atoms with Crippen molar-refractivity contribution in [3.05, 3.63) is 36.2 Å². The van der Waals surface area contributed by atoms with Gasteiger partial charge in [-0.3, -0.25) is 4.98 Å². The summed E-state index contributed by atoms with van der Waals surface area (Å²) < 4.78 is 0. The largest absolute Gasteiger partial charge is 0.257 e. The Labute approximate surface area is 79.5 Å². The van der Waals surface area contributed by atoms with Crippen molar-refractivity contribution in [2.45, 2.75) is 26.2 Å². The van der Waals surface area contributed by atoms with Gasteiger partial charge in [-0.2, -0.15) is 0 Å². The highest BCUT2D eigenvalue weighted by Crippen LogP contribution is 2.29. The third-order valence-electron chi connectivity index (χ3n) is 2.61. The van der Waals surface area contributed by atoms with E-state index in [1.807, 2.05) is 12.3 Å². The lowest BCUT2D eigenvalue weighted by atomic mass is 9.89. The molecule has 0 saturated carbocycles. The molecule has 1 heterocycles. The van der Waals surface area contributed by atoms with E-state index in [0.717, 1.165) is 11.6 Å². The molecule has 0 aliphatic heterocycles. The second kappa shape index (κ2) is 3.73. The normalized spacial score (nSPS) is 22.5. The first-order valence-electron chi connectivity index (χ1n) is 4.96. The Hall–Kier alpha value is -1.11. The van der Waals surface area contributed by atoms with E-state index in [9.17, 15) is 0 Å². The predicted molar refractivity (Wildman–Crippen MR) is 55.2 cm³/mol. The van der Waals surface area contributed by atoms with Crippen LogP contribution in [0, 0.1) is 5.92 Å². The maximum absolute atomic E-state index is 4.37. The number of aromatic nitrogens is 1. The van der Waals surface area contributed by atoms with E-state index >= 15 is 0 Å². The van der Waals surface area contributed by atoms with Crippen LogP contribution in [0.15, 0.2) is 30.5 Å². The Morgan fingerprint density at radius 2 is 2.31 bits per heavy atom. The maximum Gasteiger partial charge on any atom is 0.0658 e. The van der Waals surface area contributed by atoms with Crippen molar-refractivity contribution in [1.82, 2.24) is 4.98 Å². The first kappa shape index (κ1) is 8.49. The highest BCUT2D eigenvalue weighted by atomic mass is 14.7. The SMILES string of the molecule is CC1CCC=C(c2ccccn2)C1. The summed E-state index contributed by atoms with van der Waals surface area (Å²) in [6, 6.07) is 6.13. The van der Waals surface area contributed by atoms with Gasteiger partial charge in [0.2, 0.25) is 0 Å². The van der Waals surface area contributed by atoms with Gasteiger partial charge in [0.05, 0.1) is 5.69 Å². The number of allylic oxidation sites excluding steroid dienone is 2. The quantitative estimate of drug-likeness (QED) is 0.635. The van der Waals surface area contributed by atoms with Crippen molar-refractivity contribution in [1.29, 1.82) is 0 Å². The summed E-state index contributed by atoms with van der Waals surface area (Å²) in [5.41, 5.74) is 2.59. The molecule has 1 nitrogen and oxygen atoms in total. The molecule has 0 aromatic carbocycles. The van der Waals surface area contributed by atoms with Gasteiger partial charge < -0.3 is 0 Å². The summed E-state index contributed by atoms with van der Waals surface area (Å²) in [5, 5.41) is 0. The Morgan fingerprint density at radius 1 is 1.38 bits per heavy atom. The van der Waals surface area contributed by atoms with E-state index in [2.05, 4.69) is 30.1 Å². The Kier molecular flexibility index (Phi) is 2.44. The molecule has 1 atom stereocenters. The molecule has 13 heavy (non-hydrogen) atoms. The minimum Gasteiger partial charge on any atom is -0.257 e. The van der Waals surface area contributed by atoms with Gasteiger partial charge >= 0.3 is 0 Å². The van der Waals surface area contributed by atoms with Crippen molar-refractivity contribution < 1.29 is 0 Å². The van der Waals surface area contributed by atoms with Crippen LogP contribution in [0.2, 0.25) is 0 Å². The van der Waals surface area contributed by atoms with Crippen molar-refractivity contribution in [3.8, 4) is 0 Å². The van der Waals surface area contributed by atoms with Gasteiger partial charge in [-0.15, -0.1) is 0 Å². The minimum atomic E-state index is 0.821. The van der Waals surface area contributed by atoms with Crippen LogP contribution in [0.5, 0.6) is 0 Å². The number of nitrogens with zero attached hydrogens (tertiary/aromatic N) is 1. The summed E-state index contributed by atoms with van der Waals surface area (Å²) in [6.45, 7) is 2.32. The van der Waals surface area contributed by atoms with Crippen molar-refractivity contribution in [2.24, 2.45) is 5.92 Å². The highest BCUT2D eigenvalue weighted by molar-refractivity contribution is 5.63. The molecule has 0 saturated heterocycles. The second-order valence-corrected chi connectivity index (χ2v) is 3.83. The predicted octanol–water partition coefficient (Wildman–Crippen LogP) is 3.29. The molecule has 0 fully saturated rings. The van der Waals surface area contributed by atoms with Crippen LogP contribution in [0.3, 0.4) is 0 Å². The van der Waals surface area contributed by atoms with E-state index < -0.39 is 0 Å². The van der Waals surface area contributed by atoms with Gasteiger partial charge in [0.25, 0.3) is 0 Å². The zero-order valence-corrected chi connectivity index (χ0v) is 8.03. The average molecular weight is 173 g/mol. The van der Waals surface area contributed by atoms with Crippen LogP contribution in [0.4, 0.5) is 0 Å². The van der Waals surface area contributed by atoms with Crippen molar-refractivity contribution in [2.75, 3.05) is 0 Å². The lowest BCUT2D eigenvalue weighted by Crippen LogP contribution is -2.02. The molecular weight excluding hydrogens is 158 g/mol. The Balaban J connectivity index is 2.22. The topological polar surface area (TPSA) is 12.9 Å². The van der Waals surface area contributed by atoms with E-state index in [4.69, 9.17) is 0 Å². The van der Waals surface area contributed by atoms with Gasteiger partial charge in [-0.25, -0.2) is 0 Å². The molecule has 1 aromatic rings. The summed E-state index contributed by atoms with van der Waals surface area (Å²) in [5.74, 6) is 0.821. The van der Waals surface area contributed by atoms with Crippen LogP contribution in [-0.4, -0.2) is 4.98 Å². The summed E-state index contributed by atoms with van der Waals surface area (Å²) in [7, 11) is 0. The van der Waals surface area contributed by atoms with Crippen molar-refractivity contribution in [3.63, 3.8) is 0 Å². The van der Waals surface area contributed by atoms with Crippen LogP contribution < -0.4 is 0 Å². The van der Waals surface area contributed by atoms with Crippen LogP contribution >= 0.6 is 0 Å². The number of pyridine rings is 1. The van der Waals surface area contributed by atoms with Gasteiger partial charge in [-0.05, 0) is 42.9 Å². The third-order valence-corrected chi connectivity index (χ3v) is 2.61. The molecule has 0 radical (unpaired) electrons. The fourth-order valence-electron chi connectivity index (χ4n) is 1.86. The molecular formula is C12H15N. The zero-order valence-electron chi connectivity index (χ0n) is 8.03. The van der Waals surface area contributed by atoms with Crippen LogP contribution in [0.1, 0.15) is 31.9 Å². The molecule has 0 N–H and O–H groups in total. The van der Waals surface area contributed by atoms with Crippen LogP contribution in [-0.2, 0) is 0 Å². The molecule has 0 bridgehead atoms. The van der Waals surface area contributed by atoms with E-state index in [-0.39, 0.29) is 0 Å². The van der Waals surface area contributed by atoms with Gasteiger partial charge in [0, 0.05) is 6.20 Å². The summed E-state index contributed by atoms with van der Waals surface area (Å²) in [6.07, 6.45) is 7.94. The van der Waals surface area contributed by atoms with E-state index in [1.54, 1.807) is 0 Å². The Morgan fingerprint density at radius 3 is 3.00 bits per heavy atom. The lowest BCUT2D eigenvalue weighted by Gasteiger charge is -2.18. The lowest BCUT2D eigenvalue weighted by molar-refractivity contribution is 0.535. The molecule has 0 spiro atoms. The third kappa shape index (κ3) is 1.97. The summed E-state index contributed by atoms with van der Waals surface area (Å²) >= 11 is 0. The van der Waals surface area contributed by atoms with E-state index in [1.165, 1.54) is 24.8 Å². The fraction of sp³-hybridized carbons (Fsp3) is 0.417. The average Bonchev–Trinajstić information content (AvgIpc) is 2.19. The molecule has 68 valence electrons. The first-order chi connectivity index (χ1) is 6.36. The van der Waals surface area contributed by atoms with Gasteiger partial charge in [0.1, 0.15) is 0 Å². The number of hydrogen-bond acceptors (Lipinski definition) is 1.